The van der Waals surface area contributed by atoms with Crippen LogP contribution in [0.3, 0.4) is 0 Å². The number of amides is 1. The first-order valence-electron chi connectivity index (χ1n) is 6.88. The minimum absolute atomic E-state index is 0.0686. The van der Waals surface area contributed by atoms with Crippen LogP contribution in [0.1, 0.15) is 52.4 Å². The highest BCUT2D eigenvalue weighted by atomic mass is 32.2. The van der Waals surface area contributed by atoms with Crippen molar-refractivity contribution in [1.29, 1.82) is 5.26 Å². The molecule has 3 nitrogen and oxygen atoms in total. The molecule has 1 N–H and O–H groups in total. The molecule has 4 heteroatoms. The van der Waals surface area contributed by atoms with E-state index in [1.807, 2.05) is 25.6 Å². The first-order chi connectivity index (χ1) is 8.63. The van der Waals surface area contributed by atoms with Crippen molar-refractivity contribution >= 4 is 17.7 Å². The molecule has 1 aliphatic carbocycles. The van der Waals surface area contributed by atoms with Gasteiger partial charge >= 0.3 is 0 Å². The SMILES string of the molecule is CCC(C#N)(CC)C(=O)NC1CCCCC1SC. The first-order valence-corrected chi connectivity index (χ1v) is 8.17. The highest BCUT2D eigenvalue weighted by Gasteiger charge is 2.37. The number of thioether (sulfide) groups is 1. The van der Waals surface area contributed by atoms with Gasteiger partial charge in [-0.2, -0.15) is 17.0 Å². The van der Waals surface area contributed by atoms with Crippen molar-refractivity contribution in [2.45, 2.75) is 63.7 Å². The van der Waals surface area contributed by atoms with E-state index in [4.69, 9.17) is 0 Å². The lowest BCUT2D eigenvalue weighted by molar-refractivity contribution is -0.129. The van der Waals surface area contributed by atoms with Gasteiger partial charge in [-0.1, -0.05) is 26.7 Å². The number of nitrogens with one attached hydrogen (secondary N) is 1. The molecule has 1 amide bonds. The van der Waals surface area contributed by atoms with Crippen LogP contribution in [0, 0.1) is 16.7 Å². The summed E-state index contributed by atoms with van der Waals surface area (Å²) < 4.78 is 0. The van der Waals surface area contributed by atoms with Crippen molar-refractivity contribution in [3.63, 3.8) is 0 Å². The van der Waals surface area contributed by atoms with Gasteiger partial charge in [0.15, 0.2) is 0 Å². The molecule has 0 saturated heterocycles. The van der Waals surface area contributed by atoms with E-state index in [0.717, 1.165) is 6.42 Å². The van der Waals surface area contributed by atoms with Crippen molar-refractivity contribution in [2.75, 3.05) is 6.26 Å². The van der Waals surface area contributed by atoms with Gasteiger partial charge in [-0.05, 0) is 31.9 Å². The number of nitrogens with zero attached hydrogens (tertiary/aromatic N) is 1. The second kappa shape index (κ2) is 7.04. The third kappa shape index (κ3) is 3.20. The maximum atomic E-state index is 12.3. The maximum Gasteiger partial charge on any atom is 0.240 e. The molecule has 1 saturated carbocycles. The minimum Gasteiger partial charge on any atom is -0.351 e. The van der Waals surface area contributed by atoms with Crippen LogP contribution in [0.4, 0.5) is 0 Å². The monoisotopic (exact) mass is 268 g/mol. The van der Waals surface area contributed by atoms with E-state index >= 15 is 0 Å². The number of carbonyl (C=O) groups excluding carboxylic acids is 1. The fourth-order valence-corrected chi connectivity index (χ4v) is 3.57. The summed E-state index contributed by atoms with van der Waals surface area (Å²) in [6, 6.07) is 2.46. The van der Waals surface area contributed by atoms with Crippen LogP contribution < -0.4 is 5.32 Å². The molecule has 0 aliphatic heterocycles. The van der Waals surface area contributed by atoms with Crippen molar-refractivity contribution in [1.82, 2.24) is 5.32 Å². The highest BCUT2D eigenvalue weighted by Crippen LogP contribution is 2.30. The molecule has 0 aromatic heterocycles. The van der Waals surface area contributed by atoms with E-state index in [9.17, 15) is 10.1 Å². The minimum atomic E-state index is -0.833. The summed E-state index contributed by atoms with van der Waals surface area (Å²) in [6.07, 6.45) is 7.93. The van der Waals surface area contributed by atoms with Gasteiger partial charge in [0.25, 0.3) is 0 Å². The zero-order valence-electron chi connectivity index (χ0n) is 11.7. The summed E-state index contributed by atoms with van der Waals surface area (Å²) in [6.45, 7) is 3.83. The zero-order valence-corrected chi connectivity index (χ0v) is 12.5. The Bertz CT molecular complexity index is 320. The van der Waals surface area contributed by atoms with Crippen LogP contribution in [0.5, 0.6) is 0 Å². The van der Waals surface area contributed by atoms with Gasteiger partial charge in [0, 0.05) is 11.3 Å². The lowest BCUT2D eigenvalue weighted by Crippen LogP contribution is -2.49. The van der Waals surface area contributed by atoms with Gasteiger partial charge in [-0.3, -0.25) is 4.79 Å². The van der Waals surface area contributed by atoms with E-state index in [1.54, 1.807) is 0 Å². The average Bonchev–Trinajstić information content (AvgIpc) is 2.42. The van der Waals surface area contributed by atoms with Crippen LogP contribution in [-0.2, 0) is 4.79 Å². The van der Waals surface area contributed by atoms with Gasteiger partial charge < -0.3 is 5.32 Å². The smallest absolute Gasteiger partial charge is 0.240 e. The van der Waals surface area contributed by atoms with Gasteiger partial charge in [-0.15, -0.1) is 0 Å². The van der Waals surface area contributed by atoms with E-state index in [0.29, 0.717) is 18.1 Å². The Hall–Kier alpha value is -0.690. The Morgan fingerprint density at radius 2 is 2.00 bits per heavy atom. The fraction of sp³-hybridized carbons (Fsp3) is 0.857. The van der Waals surface area contributed by atoms with E-state index in [1.165, 1.54) is 19.3 Å². The molecule has 0 heterocycles. The highest BCUT2D eigenvalue weighted by molar-refractivity contribution is 7.99. The van der Waals surface area contributed by atoms with E-state index in [2.05, 4.69) is 17.6 Å². The summed E-state index contributed by atoms with van der Waals surface area (Å²) in [5, 5.41) is 12.9. The van der Waals surface area contributed by atoms with Crippen LogP contribution in [0.2, 0.25) is 0 Å². The second-order valence-electron chi connectivity index (χ2n) is 5.04. The van der Waals surface area contributed by atoms with Crippen molar-refractivity contribution in [2.24, 2.45) is 5.41 Å². The summed E-state index contributed by atoms with van der Waals surface area (Å²) in [7, 11) is 0. The summed E-state index contributed by atoms with van der Waals surface area (Å²) in [5.41, 5.74) is -0.833. The molecule has 0 bridgehead atoms. The molecule has 0 spiro atoms. The molecule has 0 aromatic carbocycles. The normalized spacial score (nSPS) is 24.3. The summed E-state index contributed by atoms with van der Waals surface area (Å²) in [5.74, 6) is -0.0686. The number of carbonyl (C=O) groups is 1. The molecular formula is C14H24N2OS. The van der Waals surface area contributed by atoms with E-state index < -0.39 is 5.41 Å². The third-order valence-corrected chi connectivity index (χ3v) is 5.35. The molecule has 2 unspecified atom stereocenters. The summed E-state index contributed by atoms with van der Waals surface area (Å²) in [4.78, 5) is 12.3. The Morgan fingerprint density at radius 3 is 2.50 bits per heavy atom. The Balaban J connectivity index is 2.70. The lowest BCUT2D eigenvalue weighted by Gasteiger charge is -2.33. The number of hydrogen-bond donors (Lipinski definition) is 1. The van der Waals surface area contributed by atoms with E-state index in [-0.39, 0.29) is 11.9 Å². The molecular weight excluding hydrogens is 244 g/mol. The van der Waals surface area contributed by atoms with Crippen LogP contribution in [-0.4, -0.2) is 23.5 Å². The second-order valence-corrected chi connectivity index (χ2v) is 6.12. The van der Waals surface area contributed by atoms with Crippen LogP contribution in [0.25, 0.3) is 0 Å². The standard InChI is InChI=1S/C14H24N2OS/c1-4-14(5-2,10-15)13(17)16-11-8-6-7-9-12(11)18-3/h11-12H,4-9H2,1-3H3,(H,16,17). The Kier molecular flexibility index (Phi) is 6.01. The molecule has 18 heavy (non-hydrogen) atoms. The predicted molar refractivity (Wildman–Crippen MR) is 76.3 cm³/mol. The fourth-order valence-electron chi connectivity index (χ4n) is 2.63. The molecule has 0 radical (unpaired) electrons. The van der Waals surface area contributed by atoms with Gasteiger partial charge in [0.2, 0.25) is 5.91 Å². The van der Waals surface area contributed by atoms with Crippen molar-refractivity contribution in [3.05, 3.63) is 0 Å². The third-order valence-electron chi connectivity index (χ3n) is 4.18. The number of nitriles is 1. The maximum absolute atomic E-state index is 12.3. The predicted octanol–water partition coefficient (Wildman–Crippen LogP) is 3.11. The lowest BCUT2D eigenvalue weighted by atomic mass is 9.82. The van der Waals surface area contributed by atoms with Gasteiger partial charge in [0.05, 0.1) is 6.07 Å². The van der Waals surface area contributed by atoms with Crippen LogP contribution >= 0.6 is 11.8 Å². The molecule has 2 atom stereocenters. The van der Waals surface area contributed by atoms with Crippen LogP contribution in [0.15, 0.2) is 0 Å². The average molecular weight is 268 g/mol. The zero-order chi connectivity index (χ0) is 13.6. The topological polar surface area (TPSA) is 52.9 Å². The van der Waals surface area contributed by atoms with Crippen molar-refractivity contribution in [3.8, 4) is 6.07 Å². The van der Waals surface area contributed by atoms with Crippen molar-refractivity contribution < 1.29 is 4.79 Å². The molecule has 1 rings (SSSR count). The van der Waals surface area contributed by atoms with Gasteiger partial charge in [-0.25, -0.2) is 0 Å². The molecule has 1 aliphatic rings. The number of hydrogen-bond acceptors (Lipinski definition) is 3. The largest absolute Gasteiger partial charge is 0.351 e. The molecule has 1 fully saturated rings. The molecule has 102 valence electrons. The molecule has 0 aromatic rings. The first kappa shape index (κ1) is 15.4. The Labute approximate surface area is 115 Å². The Morgan fingerprint density at radius 1 is 1.39 bits per heavy atom. The van der Waals surface area contributed by atoms with Gasteiger partial charge in [0.1, 0.15) is 5.41 Å². The quantitative estimate of drug-likeness (QED) is 0.833. The number of rotatable bonds is 5. The summed E-state index contributed by atoms with van der Waals surface area (Å²) >= 11 is 1.83.